The van der Waals surface area contributed by atoms with Crippen LogP contribution in [0.5, 0.6) is 0 Å². The minimum atomic E-state index is -0.726. The van der Waals surface area contributed by atoms with Crippen molar-refractivity contribution in [3.8, 4) is 0 Å². The fourth-order valence-electron chi connectivity index (χ4n) is 2.82. The summed E-state index contributed by atoms with van der Waals surface area (Å²) in [5.41, 5.74) is 0. The number of rotatable bonds is 6. The van der Waals surface area contributed by atoms with E-state index in [2.05, 4.69) is 44.8 Å². The molecule has 1 heterocycles. The summed E-state index contributed by atoms with van der Waals surface area (Å²) >= 11 is 0. The second kappa shape index (κ2) is 7.75. The van der Waals surface area contributed by atoms with Crippen molar-refractivity contribution in [1.29, 1.82) is 0 Å². The first kappa shape index (κ1) is 17.1. The summed E-state index contributed by atoms with van der Waals surface area (Å²) < 4.78 is 11.6. The van der Waals surface area contributed by atoms with Gasteiger partial charge < -0.3 is 5.32 Å². The van der Waals surface area contributed by atoms with Crippen molar-refractivity contribution in [2.24, 2.45) is 11.8 Å². The maximum Gasteiger partial charge on any atom is 0.0444 e. The first-order valence-corrected chi connectivity index (χ1v) is 9.28. The first-order valence-electron chi connectivity index (χ1n) is 7.66. The van der Waals surface area contributed by atoms with Gasteiger partial charge in [-0.25, -0.2) is 0 Å². The molecular weight excluding hydrogens is 256 g/mol. The molecule has 1 fully saturated rings. The lowest BCUT2D eigenvalue weighted by Gasteiger charge is -2.44. The van der Waals surface area contributed by atoms with Gasteiger partial charge in [0.2, 0.25) is 0 Å². The van der Waals surface area contributed by atoms with Crippen LogP contribution in [0.15, 0.2) is 0 Å². The zero-order valence-electron chi connectivity index (χ0n) is 13.5. The van der Waals surface area contributed by atoms with Crippen molar-refractivity contribution in [3.05, 3.63) is 0 Å². The van der Waals surface area contributed by atoms with Gasteiger partial charge in [-0.15, -0.1) is 0 Å². The third-order valence-corrected chi connectivity index (χ3v) is 5.93. The minimum Gasteiger partial charge on any atom is -0.311 e. The summed E-state index contributed by atoms with van der Waals surface area (Å²) in [6, 6.07) is 1.16. The lowest BCUT2D eigenvalue weighted by molar-refractivity contribution is 0.0832. The smallest absolute Gasteiger partial charge is 0.0444 e. The summed E-state index contributed by atoms with van der Waals surface area (Å²) in [4.78, 5) is 2.57. The molecule has 1 N–H and O–H groups in total. The van der Waals surface area contributed by atoms with Crippen LogP contribution in [0.2, 0.25) is 0 Å². The molecule has 1 aliphatic rings. The van der Waals surface area contributed by atoms with Gasteiger partial charge in [0.05, 0.1) is 0 Å². The van der Waals surface area contributed by atoms with Crippen LogP contribution in [0.25, 0.3) is 0 Å². The fourth-order valence-corrected chi connectivity index (χ4v) is 3.22. The molecule has 1 aliphatic heterocycles. The minimum absolute atomic E-state index is 0.261. The lowest BCUT2D eigenvalue weighted by Crippen LogP contribution is -2.61. The molecule has 0 radical (unpaired) electrons. The van der Waals surface area contributed by atoms with Crippen LogP contribution in [-0.4, -0.2) is 52.3 Å². The molecule has 0 bridgehead atoms. The van der Waals surface area contributed by atoms with E-state index in [1.165, 1.54) is 6.42 Å². The van der Waals surface area contributed by atoms with Crippen LogP contribution in [0, 0.1) is 11.8 Å². The highest BCUT2D eigenvalue weighted by Crippen LogP contribution is 2.20. The summed E-state index contributed by atoms with van der Waals surface area (Å²) in [5.74, 6) is 1.35. The average Bonchev–Trinajstić information content (AvgIpc) is 2.37. The van der Waals surface area contributed by atoms with E-state index in [0.717, 1.165) is 19.6 Å². The highest BCUT2D eigenvalue weighted by atomic mass is 32.2. The molecule has 0 saturated carbocycles. The molecule has 3 nitrogen and oxygen atoms in total. The zero-order chi connectivity index (χ0) is 14.6. The second-order valence-corrected chi connectivity index (χ2v) is 8.28. The molecule has 5 unspecified atom stereocenters. The third-order valence-electron chi connectivity index (χ3n) is 4.65. The van der Waals surface area contributed by atoms with Gasteiger partial charge in [-0.2, -0.15) is 0 Å². The number of nitrogens with zero attached hydrogens (tertiary/aromatic N) is 1. The molecule has 0 spiro atoms. The second-order valence-electron chi connectivity index (χ2n) is 6.47. The van der Waals surface area contributed by atoms with Crippen LogP contribution in [-0.2, 0) is 10.8 Å². The van der Waals surface area contributed by atoms with Crippen molar-refractivity contribution >= 4 is 10.8 Å². The molecule has 114 valence electrons. The standard InChI is InChI=1S/C15H32N2OS/c1-7-12(4)14-10-17(9-13(5)19(6)18)15(8-16-14)11(2)3/h11-16H,7-10H2,1-6H3. The quantitative estimate of drug-likeness (QED) is 0.812. The van der Waals surface area contributed by atoms with E-state index >= 15 is 0 Å². The van der Waals surface area contributed by atoms with Gasteiger partial charge in [0.15, 0.2) is 0 Å². The molecule has 0 amide bonds. The zero-order valence-corrected chi connectivity index (χ0v) is 14.3. The van der Waals surface area contributed by atoms with E-state index in [0.29, 0.717) is 23.9 Å². The predicted octanol–water partition coefficient (Wildman–Crippen LogP) is 2.10. The normalized spacial score (nSPS) is 30.3. The van der Waals surface area contributed by atoms with E-state index in [4.69, 9.17) is 0 Å². The summed E-state index contributed by atoms with van der Waals surface area (Å²) in [5, 5.41) is 3.98. The van der Waals surface area contributed by atoms with Crippen LogP contribution in [0.3, 0.4) is 0 Å². The van der Waals surface area contributed by atoms with Gasteiger partial charge in [-0.05, 0) is 18.8 Å². The largest absolute Gasteiger partial charge is 0.311 e. The van der Waals surface area contributed by atoms with Gasteiger partial charge in [-0.3, -0.25) is 9.11 Å². The SMILES string of the molecule is CCC(C)C1CN(CC(C)S(C)=O)C(C(C)C)CN1. The van der Waals surface area contributed by atoms with E-state index in [-0.39, 0.29) is 5.25 Å². The van der Waals surface area contributed by atoms with Crippen LogP contribution >= 0.6 is 0 Å². The van der Waals surface area contributed by atoms with E-state index in [1.54, 1.807) is 0 Å². The lowest BCUT2D eigenvalue weighted by atomic mass is 9.92. The number of piperazine rings is 1. The van der Waals surface area contributed by atoms with Gasteiger partial charge >= 0.3 is 0 Å². The Kier molecular flexibility index (Phi) is 6.98. The molecule has 0 aromatic carbocycles. The van der Waals surface area contributed by atoms with Crippen LogP contribution in [0.1, 0.15) is 41.0 Å². The Morgan fingerprint density at radius 1 is 1.32 bits per heavy atom. The highest BCUT2D eigenvalue weighted by Gasteiger charge is 2.32. The molecule has 0 aromatic heterocycles. The number of hydrogen-bond donors (Lipinski definition) is 1. The van der Waals surface area contributed by atoms with Crippen molar-refractivity contribution in [3.63, 3.8) is 0 Å². The number of hydrogen-bond acceptors (Lipinski definition) is 3. The van der Waals surface area contributed by atoms with Gasteiger partial charge in [0.1, 0.15) is 0 Å². The Labute approximate surface area is 122 Å². The topological polar surface area (TPSA) is 32.3 Å². The Hall–Kier alpha value is 0.0700. The maximum absolute atomic E-state index is 11.6. The third kappa shape index (κ3) is 4.83. The molecule has 4 heteroatoms. The first-order chi connectivity index (χ1) is 8.86. The average molecular weight is 289 g/mol. The van der Waals surface area contributed by atoms with Crippen LogP contribution < -0.4 is 5.32 Å². The Morgan fingerprint density at radius 2 is 1.95 bits per heavy atom. The van der Waals surface area contributed by atoms with Crippen molar-refractivity contribution in [2.75, 3.05) is 25.9 Å². The number of nitrogens with one attached hydrogen (secondary N) is 1. The molecule has 1 saturated heterocycles. The Bertz CT molecular complexity index is 296. The molecule has 5 atom stereocenters. The predicted molar refractivity (Wildman–Crippen MR) is 85.0 cm³/mol. The van der Waals surface area contributed by atoms with Crippen LogP contribution in [0.4, 0.5) is 0 Å². The molecule has 0 aliphatic carbocycles. The summed E-state index contributed by atoms with van der Waals surface area (Å²) in [6.45, 7) is 14.4. The molecular formula is C15H32N2OS. The van der Waals surface area contributed by atoms with Gasteiger partial charge in [-0.1, -0.05) is 34.1 Å². The van der Waals surface area contributed by atoms with E-state index in [9.17, 15) is 4.21 Å². The summed E-state index contributed by atoms with van der Waals surface area (Å²) in [6.07, 6.45) is 3.04. The molecule has 19 heavy (non-hydrogen) atoms. The van der Waals surface area contributed by atoms with Gasteiger partial charge in [0, 0.05) is 54.0 Å². The van der Waals surface area contributed by atoms with E-state index in [1.807, 2.05) is 6.26 Å². The van der Waals surface area contributed by atoms with Crippen molar-refractivity contribution < 1.29 is 4.21 Å². The Balaban J connectivity index is 2.70. The maximum atomic E-state index is 11.6. The van der Waals surface area contributed by atoms with Gasteiger partial charge in [0.25, 0.3) is 0 Å². The monoisotopic (exact) mass is 288 g/mol. The molecule has 0 aromatic rings. The highest BCUT2D eigenvalue weighted by molar-refractivity contribution is 7.84. The van der Waals surface area contributed by atoms with E-state index < -0.39 is 10.8 Å². The Morgan fingerprint density at radius 3 is 2.42 bits per heavy atom. The molecule has 1 rings (SSSR count). The summed E-state index contributed by atoms with van der Waals surface area (Å²) in [7, 11) is -0.726. The van der Waals surface area contributed by atoms with Crippen molar-refractivity contribution in [1.82, 2.24) is 10.2 Å². The fraction of sp³-hybridized carbons (Fsp3) is 1.00. The van der Waals surface area contributed by atoms with Crippen molar-refractivity contribution in [2.45, 2.75) is 58.4 Å².